The molecule has 1 aromatic carbocycles. The normalized spacial score (nSPS) is 24.4. The van der Waals surface area contributed by atoms with Crippen LogP contribution in [0.2, 0.25) is 10.0 Å². The van der Waals surface area contributed by atoms with E-state index in [0.29, 0.717) is 10.0 Å². The van der Waals surface area contributed by atoms with Gasteiger partial charge in [-0.2, -0.15) is 0 Å². The van der Waals surface area contributed by atoms with Gasteiger partial charge in [-0.25, -0.2) is 0 Å². The molecule has 5 heteroatoms. The molecule has 1 saturated carbocycles. The molecule has 1 unspecified atom stereocenters. The summed E-state index contributed by atoms with van der Waals surface area (Å²) in [5, 5.41) is 4.62. The average molecular weight is 379 g/mol. The molecule has 1 heterocycles. The van der Waals surface area contributed by atoms with Crippen LogP contribution in [0.15, 0.2) is 16.6 Å². The Morgan fingerprint density at radius 1 is 1.20 bits per heavy atom. The molecule has 1 spiro atoms. The number of nitrogens with one attached hydrogen (secondary N) is 1. The molecular formula is C15H18BrCl2NO. The van der Waals surface area contributed by atoms with Gasteiger partial charge in [-0.15, -0.1) is 0 Å². The summed E-state index contributed by atoms with van der Waals surface area (Å²) in [5.74, 6) is 0. The number of halogens is 3. The number of benzene rings is 1. The largest absolute Gasteiger partial charge is 0.380 e. The highest BCUT2D eigenvalue weighted by atomic mass is 79.9. The fourth-order valence-electron chi connectivity index (χ4n) is 3.35. The van der Waals surface area contributed by atoms with Crippen molar-refractivity contribution in [1.82, 2.24) is 0 Å². The maximum Gasteiger partial charge on any atom is 0.0756 e. The van der Waals surface area contributed by atoms with E-state index in [0.717, 1.165) is 23.1 Å². The molecule has 2 fully saturated rings. The lowest BCUT2D eigenvalue weighted by Gasteiger charge is -2.24. The molecule has 1 N–H and O–H groups in total. The molecule has 110 valence electrons. The zero-order chi connectivity index (χ0) is 14.2. The number of rotatable bonds is 3. The van der Waals surface area contributed by atoms with Gasteiger partial charge in [0.15, 0.2) is 0 Å². The van der Waals surface area contributed by atoms with Crippen LogP contribution >= 0.6 is 39.1 Å². The van der Waals surface area contributed by atoms with Crippen LogP contribution in [0.4, 0.5) is 5.69 Å². The lowest BCUT2D eigenvalue weighted by molar-refractivity contribution is -0.0307. The molecule has 0 bridgehead atoms. The highest BCUT2D eigenvalue weighted by molar-refractivity contribution is 9.10. The molecule has 0 amide bonds. The summed E-state index contributed by atoms with van der Waals surface area (Å²) >= 11 is 15.8. The van der Waals surface area contributed by atoms with Crippen molar-refractivity contribution >= 4 is 44.8 Å². The van der Waals surface area contributed by atoms with Crippen molar-refractivity contribution in [3.8, 4) is 0 Å². The van der Waals surface area contributed by atoms with E-state index < -0.39 is 0 Å². The van der Waals surface area contributed by atoms with Crippen LogP contribution in [0.3, 0.4) is 0 Å². The van der Waals surface area contributed by atoms with Gasteiger partial charge in [-0.05, 0) is 37.8 Å². The van der Waals surface area contributed by atoms with Crippen molar-refractivity contribution in [2.24, 2.45) is 0 Å². The van der Waals surface area contributed by atoms with Crippen LogP contribution in [0.5, 0.6) is 0 Å². The van der Waals surface area contributed by atoms with Crippen LogP contribution in [0.1, 0.15) is 38.5 Å². The predicted molar refractivity (Wildman–Crippen MR) is 88.0 cm³/mol. The second-order valence-electron chi connectivity index (χ2n) is 5.79. The van der Waals surface area contributed by atoms with E-state index >= 15 is 0 Å². The summed E-state index contributed by atoms with van der Waals surface area (Å²) in [6.07, 6.45) is 7.66. The minimum absolute atomic E-state index is 0.180. The summed E-state index contributed by atoms with van der Waals surface area (Å²) in [6.45, 7) is 0.767. The highest BCUT2D eigenvalue weighted by Gasteiger charge is 2.41. The van der Waals surface area contributed by atoms with E-state index in [-0.39, 0.29) is 11.7 Å². The second-order valence-corrected chi connectivity index (χ2v) is 7.52. The van der Waals surface area contributed by atoms with Crippen LogP contribution in [0, 0.1) is 0 Å². The summed E-state index contributed by atoms with van der Waals surface area (Å²) in [6, 6.07) is 3.70. The van der Waals surface area contributed by atoms with E-state index in [4.69, 9.17) is 27.9 Å². The zero-order valence-corrected chi connectivity index (χ0v) is 14.3. The Hall–Kier alpha value is 0.0400. The predicted octanol–water partition coefficient (Wildman–Crippen LogP) is 5.66. The maximum atomic E-state index is 6.28. The third-order valence-electron chi connectivity index (χ3n) is 4.37. The van der Waals surface area contributed by atoms with Gasteiger partial charge in [0.2, 0.25) is 0 Å². The Morgan fingerprint density at radius 2 is 1.85 bits per heavy atom. The summed E-state index contributed by atoms with van der Waals surface area (Å²) in [5.41, 5.74) is 0.979. The van der Waals surface area contributed by atoms with Gasteiger partial charge in [0, 0.05) is 11.0 Å². The average Bonchev–Trinajstić information content (AvgIpc) is 2.99. The third kappa shape index (κ3) is 3.11. The van der Waals surface area contributed by atoms with Gasteiger partial charge in [-0.1, -0.05) is 52.0 Å². The van der Waals surface area contributed by atoms with Gasteiger partial charge in [-0.3, -0.25) is 0 Å². The molecule has 1 aliphatic heterocycles. The number of hydrogen-bond acceptors (Lipinski definition) is 2. The van der Waals surface area contributed by atoms with Crippen LogP contribution in [-0.2, 0) is 4.74 Å². The van der Waals surface area contributed by atoms with Crippen molar-refractivity contribution in [1.29, 1.82) is 0 Å². The number of anilines is 1. The lowest BCUT2D eigenvalue weighted by atomic mass is 9.98. The van der Waals surface area contributed by atoms with Gasteiger partial charge >= 0.3 is 0 Å². The van der Waals surface area contributed by atoms with Crippen molar-refractivity contribution in [2.75, 3.05) is 11.9 Å². The first-order valence-corrected chi connectivity index (χ1v) is 8.69. The van der Waals surface area contributed by atoms with E-state index in [1.165, 1.54) is 32.1 Å². The topological polar surface area (TPSA) is 21.3 Å². The summed E-state index contributed by atoms with van der Waals surface area (Å²) in [4.78, 5) is 0. The van der Waals surface area contributed by atoms with Crippen LogP contribution < -0.4 is 5.32 Å². The summed E-state index contributed by atoms with van der Waals surface area (Å²) in [7, 11) is 0. The van der Waals surface area contributed by atoms with E-state index in [2.05, 4.69) is 21.2 Å². The maximum absolute atomic E-state index is 6.28. The second kappa shape index (κ2) is 6.04. The first-order chi connectivity index (χ1) is 9.58. The molecule has 20 heavy (non-hydrogen) atoms. The quantitative estimate of drug-likeness (QED) is 0.732. The fourth-order valence-corrected chi connectivity index (χ4v) is 4.70. The van der Waals surface area contributed by atoms with E-state index in [1.807, 2.05) is 12.1 Å². The highest BCUT2D eigenvalue weighted by Crippen LogP contribution is 2.43. The van der Waals surface area contributed by atoms with Crippen LogP contribution in [-0.4, -0.2) is 18.2 Å². The molecule has 1 saturated heterocycles. The van der Waals surface area contributed by atoms with E-state index in [1.54, 1.807) is 0 Å². The van der Waals surface area contributed by atoms with E-state index in [9.17, 15) is 0 Å². The van der Waals surface area contributed by atoms with Crippen molar-refractivity contribution < 1.29 is 4.74 Å². The monoisotopic (exact) mass is 377 g/mol. The molecule has 1 aliphatic carbocycles. The van der Waals surface area contributed by atoms with Crippen molar-refractivity contribution in [3.05, 3.63) is 26.7 Å². The first kappa shape index (κ1) is 15.0. The third-order valence-corrected chi connectivity index (χ3v) is 5.42. The van der Waals surface area contributed by atoms with Gasteiger partial charge in [0.1, 0.15) is 0 Å². The van der Waals surface area contributed by atoms with Crippen molar-refractivity contribution in [3.63, 3.8) is 0 Å². The molecular weight excluding hydrogens is 361 g/mol. The number of ether oxygens (including phenoxy) is 1. The van der Waals surface area contributed by atoms with Gasteiger partial charge in [0.25, 0.3) is 0 Å². The SMILES string of the molecule is Clc1cc(Br)cc(Cl)c1NCC1CCC2(CCCC2)O1. The minimum Gasteiger partial charge on any atom is -0.380 e. The standard InChI is InChI=1S/C15H18BrCl2NO/c16-10-7-12(17)14(13(18)8-10)19-9-11-3-6-15(20-11)4-1-2-5-15/h7-8,11,19H,1-6,9H2. The molecule has 1 atom stereocenters. The van der Waals surface area contributed by atoms with Gasteiger partial charge < -0.3 is 10.1 Å². The Balaban J connectivity index is 1.61. The molecule has 3 rings (SSSR count). The smallest absolute Gasteiger partial charge is 0.0756 e. The Morgan fingerprint density at radius 3 is 2.50 bits per heavy atom. The zero-order valence-electron chi connectivity index (χ0n) is 11.2. The Bertz CT molecular complexity index is 480. The fraction of sp³-hybridized carbons (Fsp3) is 0.600. The lowest BCUT2D eigenvalue weighted by Crippen LogP contribution is -2.28. The van der Waals surface area contributed by atoms with Gasteiger partial charge in [0.05, 0.1) is 27.4 Å². The minimum atomic E-state index is 0.180. The molecule has 2 nitrogen and oxygen atoms in total. The molecule has 0 radical (unpaired) electrons. The van der Waals surface area contributed by atoms with Crippen molar-refractivity contribution in [2.45, 2.75) is 50.2 Å². The van der Waals surface area contributed by atoms with Crippen LogP contribution in [0.25, 0.3) is 0 Å². The summed E-state index contributed by atoms with van der Waals surface area (Å²) < 4.78 is 7.17. The molecule has 1 aromatic rings. The molecule has 0 aromatic heterocycles. The first-order valence-electron chi connectivity index (χ1n) is 7.14. The number of hydrogen-bond donors (Lipinski definition) is 1. The molecule has 2 aliphatic rings. The Labute approximate surface area is 138 Å². The Kier molecular flexibility index (Phi) is 4.51.